The summed E-state index contributed by atoms with van der Waals surface area (Å²) in [4.78, 5) is 12.0. The van der Waals surface area contributed by atoms with Crippen molar-refractivity contribution >= 4 is 5.91 Å². The number of nitrogens with one attached hydrogen (secondary N) is 1. The number of amides is 1. The zero-order valence-electron chi connectivity index (χ0n) is 10.4. The molecule has 1 aliphatic rings. The van der Waals surface area contributed by atoms with Gasteiger partial charge < -0.3 is 5.32 Å². The number of hydrogen-bond acceptors (Lipinski definition) is 1. The van der Waals surface area contributed by atoms with Crippen LogP contribution in [0.2, 0.25) is 0 Å². The van der Waals surface area contributed by atoms with Crippen molar-refractivity contribution < 1.29 is 4.79 Å². The minimum absolute atomic E-state index is 0.201. The third kappa shape index (κ3) is 3.84. The Kier molecular flexibility index (Phi) is 5.13. The average molecular weight is 211 g/mol. The van der Waals surface area contributed by atoms with E-state index in [9.17, 15) is 4.79 Å². The normalized spacial score (nSPS) is 20.3. The van der Waals surface area contributed by atoms with Gasteiger partial charge in [0.05, 0.1) is 0 Å². The van der Waals surface area contributed by atoms with Crippen molar-refractivity contribution in [3.63, 3.8) is 0 Å². The van der Waals surface area contributed by atoms with Crippen molar-refractivity contribution in [2.24, 2.45) is 11.8 Å². The maximum Gasteiger partial charge on any atom is 0.223 e. The van der Waals surface area contributed by atoms with Gasteiger partial charge >= 0.3 is 0 Å². The number of carbonyl (C=O) groups is 1. The molecule has 0 aromatic rings. The number of hydrogen-bond donors (Lipinski definition) is 1. The Balaban J connectivity index is 2.38. The van der Waals surface area contributed by atoms with Gasteiger partial charge in [0, 0.05) is 12.0 Å². The lowest BCUT2D eigenvalue weighted by Gasteiger charge is -2.26. The lowest BCUT2D eigenvalue weighted by atomic mass is 9.90. The van der Waals surface area contributed by atoms with Crippen molar-refractivity contribution in [1.82, 2.24) is 5.32 Å². The molecule has 0 aromatic heterocycles. The minimum atomic E-state index is 0.201. The van der Waals surface area contributed by atoms with Crippen LogP contribution in [-0.4, -0.2) is 11.9 Å². The van der Waals surface area contributed by atoms with E-state index in [2.05, 4.69) is 26.1 Å². The van der Waals surface area contributed by atoms with Crippen molar-refractivity contribution in [1.29, 1.82) is 0 Å². The molecule has 1 amide bonds. The van der Waals surface area contributed by atoms with Crippen molar-refractivity contribution in [2.45, 2.75) is 65.3 Å². The fraction of sp³-hybridized carbons (Fsp3) is 0.923. The molecule has 1 fully saturated rings. The molecule has 1 N–H and O–H groups in total. The van der Waals surface area contributed by atoms with Gasteiger partial charge in [-0.2, -0.15) is 0 Å². The van der Waals surface area contributed by atoms with E-state index in [-0.39, 0.29) is 11.8 Å². The van der Waals surface area contributed by atoms with Crippen molar-refractivity contribution in [3.8, 4) is 0 Å². The van der Waals surface area contributed by atoms with Crippen LogP contribution >= 0.6 is 0 Å². The Hall–Kier alpha value is -0.530. The summed E-state index contributed by atoms with van der Waals surface area (Å²) in [5, 5.41) is 3.21. The van der Waals surface area contributed by atoms with Crippen LogP contribution in [0.5, 0.6) is 0 Å². The van der Waals surface area contributed by atoms with Gasteiger partial charge in [0.25, 0.3) is 0 Å². The maximum atomic E-state index is 12.0. The molecule has 1 unspecified atom stereocenters. The Morgan fingerprint density at radius 1 is 1.27 bits per heavy atom. The molecule has 0 spiro atoms. The topological polar surface area (TPSA) is 29.1 Å². The zero-order valence-corrected chi connectivity index (χ0v) is 10.4. The third-order valence-corrected chi connectivity index (χ3v) is 3.53. The molecule has 1 aliphatic carbocycles. The van der Waals surface area contributed by atoms with Gasteiger partial charge in [-0.25, -0.2) is 0 Å². The molecular formula is C13H25NO. The smallest absolute Gasteiger partial charge is 0.223 e. The molecule has 88 valence electrons. The monoisotopic (exact) mass is 211 g/mol. The summed E-state index contributed by atoms with van der Waals surface area (Å²) in [6.45, 7) is 6.37. The van der Waals surface area contributed by atoms with Crippen LogP contribution in [0.4, 0.5) is 0 Å². The average Bonchev–Trinajstić information content (AvgIpc) is 2.19. The summed E-state index contributed by atoms with van der Waals surface area (Å²) in [6.07, 6.45) is 7.22. The second-order valence-corrected chi connectivity index (χ2v) is 5.10. The van der Waals surface area contributed by atoms with Gasteiger partial charge in [-0.15, -0.1) is 0 Å². The molecule has 0 saturated heterocycles. The highest BCUT2D eigenvalue weighted by Gasteiger charge is 2.23. The maximum absolute atomic E-state index is 12.0. The lowest BCUT2D eigenvalue weighted by molar-refractivity contribution is -0.127. The molecule has 0 bridgehead atoms. The van der Waals surface area contributed by atoms with Gasteiger partial charge in [0.1, 0.15) is 0 Å². The predicted octanol–water partition coefficient (Wildman–Crippen LogP) is 3.12. The lowest BCUT2D eigenvalue weighted by Crippen LogP contribution is -2.41. The molecule has 2 nitrogen and oxygen atoms in total. The third-order valence-electron chi connectivity index (χ3n) is 3.53. The van der Waals surface area contributed by atoms with Crippen LogP contribution < -0.4 is 5.32 Å². The summed E-state index contributed by atoms with van der Waals surface area (Å²) < 4.78 is 0. The molecule has 15 heavy (non-hydrogen) atoms. The van der Waals surface area contributed by atoms with Gasteiger partial charge in [-0.1, -0.05) is 40.0 Å². The Morgan fingerprint density at radius 2 is 1.87 bits per heavy atom. The van der Waals surface area contributed by atoms with E-state index in [4.69, 9.17) is 0 Å². The van der Waals surface area contributed by atoms with E-state index in [1.807, 2.05) is 0 Å². The second-order valence-electron chi connectivity index (χ2n) is 5.10. The molecule has 1 rings (SSSR count). The first-order valence-electron chi connectivity index (χ1n) is 6.45. The standard InChI is InChI=1S/C13H25NO/c1-4-12(10(2)3)13(15)14-11-8-6-5-7-9-11/h10-12H,4-9H2,1-3H3,(H,14,15). The summed E-state index contributed by atoms with van der Waals surface area (Å²) in [7, 11) is 0. The number of rotatable bonds is 4. The summed E-state index contributed by atoms with van der Waals surface area (Å²) in [5.41, 5.74) is 0. The van der Waals surface area contributed by atoms with E-state index in [1.54, 1.807) is 0 Å². The highest BCUT2D eigenvalue weighted by molar-refractivity contribution is 5.79. The van der Waals surface area contributed by atoms with Gasteiger partial charge in [-0.3, -0.25) is 4.79 Å². The molecule has 1 atom stereocenters. The van der Waals surface area contributed by atoms with Crippen LogP contribution in [0.3, 0.4) is 0 Å². The van der Waals surface area contributed by atoms with Crippen LogP contribution in [-0.2, 0) is 4.79 Å². The van der Waals surface area contributed by atoms with E-state index in [0.717, 1.165) is 6.42 Å². The summed E-state index contributed by atoms with van der Waals surface area (Å²) in [6, 6.07) is 0.457. The van der Waals surface area contributed by atoms with Gasteiger partial charge in [0.2, 0.25) is 5.91 Å². The number of carbonyl (C=O) groups excluding carboxylic acids is 1. The van der Waals surface area contributed by atoms with Crippen LogP contribution in [0.15, 0.2) is 0 Å². The molecule has 0 aliphatic heterocycles. The molecule has 0 aromatic carbocycles. The molecule has 0 radical (unpaired) electrons. The molecule has 1 saturated carbocycles. The quantitative estimate of drug-likeness (QED) is 0.760. The van der Waals surface area contributed by atoms with Crippen LogP contribution in [0.25, 0.3) is 0 Å². The highest BCUT2D eigenvalue weighted by atomic mass is 16.1. The van der Waals surface area contributed by atoms with E-state index in [1.165, 1.54) is 32.1 Å². The first kappa shape index (κ1) is 12.5. The second kappa shape index (κ2) is 6.14. The SMILES string of the molecule is CCC(C(=O)NC1CCCCC1)C(C)C. The van der Waals surface area contributed by atoms with Crippen molar-refractivity contribution in [2.75, 3.05) is 0 Å². The van der Waals surface area contributed by atoms with Crippen LogP contribution in [0.1, 0.15) is 59.3 Å². The summed E-state index contributed by atoms with van der Waals surface area (Å²) >= 11 is 0. The van der Waals surface area contributed by atoms with Gasteiger partial charge in [0.15, 0.2) is 0 Å². The van der Waals surface area contributed by atoms with Gasteiger partial charge in [-0.05, 0) is 25.2 Å². The fourth-order valence-corrected chi connectivity index (χ4v) is 2.51. The fourth-order valence-electron chi connectivity index (χ4n) is 2.51. The highest BCUT2D eigenvalue weighted by Crippen LogP contribution is 2.20. The Labute approximate surface area is 93.8 Å². The van der Waals surface area contributed by atoms with Crippen molar-refractivity contribution in [3.05, 3.63) is 0 Å². The molecule has 2 heteroatoms. The molecule has 0 heterocycles. The first-order valence-corrected chi connectivity index (χ1v) is 6.45. The van der Waals surface area contributed by atoms with Crippen LogP contribution in [0, 0.1) is 11.8 Å². The largest absolute Gasteiger partial charge is 0.353 e. The first-order chi connectivity index (χ1) is 7.15. The minimum Gasteiger partial charge on any atom is -0.353 e. The molecular weight excluding hydrogens is 186 g/mol. The predicted molar refractivity (Wildman–Crippen MR) is 63.6 cm³/mol. The van der Waals surface area contributed by atoms with E-state index >= 15 is 0 Å². The Morgan fingerprint density at radius 3 is 2.33 bits per heavy atom. The van der Waals surface area contributed by atoms with E-state index in [0.29, 0.717) is 12.0 Å². The van der Waals surface area contributed by atoms with E-state index < -0.39 is 0 Å². The zero-order chi connectivity index (χ0) is 11.3. The summed E-state index contributed by atoms with van der Waals surface area (Å²) in [5.74, 6) is 0.935. The Bertz CT molecular complexity index is 195.